The van der Waals surface area contributed by atoms with Crippen molar-refractivity contribution in [2.24, 2.45) is 5.92 Å². The molecule has 256 valence electrons. The van der Waals surface area contributed by atoms with Crippen LogP contribution in [0.5, 0.6) is 11.5 Å². The van der Waals surface area contributed by atoms with Gasteiger partial charge in [-0.1, -0.05) is 66.7 Å². The van der Waals surface area contributed by atoms with E-state index in [0.717, 1.165) is 16.0 Å². The van der Waals surface area contributed by atoms with E-state index in [4.69, 9.17) is 18.9 Å². The monoisotopic (exact) mass is 668 g/mol. The van der Waals surface area contributed by atoms with Crippen LogP contribution in [0.4, 0.5) is 9.59 Å². The van der Waals surface area contributed by atoms with Crippen molar-refractivity contribution in [2.45, 2.75) is 37.8 Å². The van der Waals surface area contributed by atoms with Crippen LogP contribution in [0.25, 0.3) is 0 Å². The number of nitrogens with zero attached hydrogens (tertiary/aromatic N) is 2. The van der Waals surface area contributed by atoms with Crippen molar-refractivity contribution in [3.05, 3.63) is 107 Å². The fourth-order valence-corrected chi connectivity index (χ4v) is 6.63. The summed E-state index contributed by atoms with van der Waals surface area (Å²) < 4.78 is 21.9. The van der Waals surface area contributed by atoms with E-state index in [-0.39, 0.29) is 32.5 Å². The molecule has 0 radical (unpaired) electrons. The summed E-state index contributed by atoms with van der Waals surface area (Å²) >= 11 is 0. The number of imide groups is 1. The van der Waals surface area contributed by atoms with E-state index < -0.39 is 35.4 Å². The summed E-state index contributed by atoms with van der Waals surface area (Å²) in [5, 5.41) is 5.53. The minimum absolute atomic E-state index is 0.0777. The first kappa shape index (κ1) is 33.5. The highest BCUT2D eigenvalue weighted by Crippen LogP contribution is 2.38. The van der Waals surface area contributed by atoms with E-state index in [1.54, 1.807) is 31.2 Å². The summed E-state index contributed by atoms with van der Waals surface area (Å²) in [5.41, 5.74) is 2.20. The van der Waals surface area contributed by atoms with E-state index >= 15 is 0 Å². The van der Waals surface area contributed by atoms with Gasteiger partial charge < -0.3 is 34.5 Å². The Bertz CT molecular complexity index is 1710. The quantitative estimate of drug-likeness (QED) is 0.296. The van der Waals surface area contributed by atoms with Crippen molar-refractivity contribution in [1.29, 1.82) is 0 Å². The summed E-state index contributed by atoms with van der Waals surface area (Å²) in [5.74, 6) is -0.415. The van der Waals surface area contributed by atoms with Crippen LogP contribution in [0, 0.1) is 5.92 Å². The molecule has 2 atom stereocenters. The van der Waals surface area contributed by atoms with Gasteiger partial charge >= 0.3 is 24.0 Å². The highest BCUT2D eigenvalue weighted by Gasteiger charge is 2.44. The van der Waals surface area contributed by atoms with Crippen molar-refractivity contribution in [3.63, 3.8) is 0 Å². The van der Waals surface area contributed by atoms with Gasteiger partial charge in [0.25, 0.3) is 0 Å². The Balaban J connectivity index is 1.17. The SMILES string of the molecule is COC(=O)C1(c2ccccc2)CCN(CC(CNC(=O)N2C(=O)NC(C)=CC2c2ccc3c(c2)OCO3)C(=O)OCc2ccccc2)CC1. The lowest BCUT2D eigenvalue weighted by Gasteiger charge is -2.41. The van der Waals surface area contributed by atoms with Crippen LogP contribution in [-0.4, -0.2) is 73.9 Å². The number of piperidine rings is 1. The molecule has 3 aromatic carbocycles. The van der Waals surface area contributed by atoms with Gasteiger partial charge in [0.15, 0.2) is 11.5 Å². The third kappa shape index (κ3) is 7.39. The average Bonchev–Trinajstić information content (AvgIpc) is 3.61. The number of fused-ring (bicyclic) bond motifs is 1. The molecule has 3 aliphatic heterocycles. The van der Waals surface area contributed by atoms with Crippen molar-refractivity contribution in [2.75, 3.05) is 40.1 Å². The van der Waals surface area contributed by atoms with Gasteiger partial charge in [-0.3, -0.25) is 9.59 Å². The predicted molar refractivity (Wildman–Crippen MR) is 178 cm³/mol. The first-order chi connectivity index (χ1) is 23.8. The van der Waals surface area contributed by atoms with Gasteiger partial charge in [0.1, 0.15) is 6.61 Å². The van der Waals surface area contributed by atoms with Gasteiger partial charge in [-0.2, -0.15) is 0 Å². The standard InChI is InChI=1S/C37H40N4O8/c1-25-19-30(27-13-14-31-32(20-27)49-24-48-31)41(36(45)39-25)35(44)38-21-28(33(42)47-23-26-9-5-3-6-10-26)22-40-17-15-37(16-18-40,34(43)46-2)29-11-7-4-8-12-29/h3-14,19-20,28,30H,15-18,21-24H2,1-2H3,(H,38,44)(H,39,45). The Kier molecular flexibility index (Phi) is 10.1. The van der Waals surface area contributed by atoms with Crippen LogP contribution >= 0.6 is 0 Å². The van der Waals surface area contributed by atoms with Crippen LogP contribution in [-0.2, 0) is 31.1 Å². The van der Waals surface area contributed by atoms with Crippen LogP contribution in [0.15, 0.2) is 90.6 Å². The molecule has 1 saturated heterocycles. The van der Waals surface area contributed by atoms with Gasteiger partial charge in [0.05, 0.1) is 24.5 Å². The Morgan fingerprint density at radius 1 is 0.980 bits per heavy atom. The molecule has 3 aliphatic rings. The molecule has 1 fully saturated rings. The van der Waals surface area contributed by atoms with Crippen molar-refractivity contribution >= 4 is 24.0 Å². The number of hydrogen-bond acceptors (Lipinski definition) is 9. The number of allylic oxidation sites excluding steroid dienone is 1. The molecule has 0 spiro atoms. The largest absolute Gasteiger partial charge is 0.468 e. The number of hydrogen-bond donors (Lipinski definition) is 2. The van der Waals surface area contributed by atoms with Crippen molar-refractivity contribution < 1.29 is 38.1 Å². The molecule has 0 aromatic heterocycles. The zero-order valence-electron chi connectivity index (χ0n) is 27.6. The van der Waals surface area contributed by atoms with Crippen LogP contribution in [0.3, 0.4) is 0 Å². The van der Waals surface area contributed by atoms with Gasteiger partial charge in [0.2, 0.25) is 6.79 Å². The molecule has 2 unspecified atom stereocenters. The van der Waals surface area contributed by atoms with Gasteiger partial charge in [0, 0.05) is 18.8 Å². The smallest absolute Gasteiger partial charge is 0.330 e. The summed E-state index contributed by atoms with van der Waals surface area (Å²) in [6.07, 6.45) is 2.77. The molecule has 4 amide bonds. The van der Waals surface area contributed by atoms with Crippen molar-refractivity contribution in [1.82, 2.24) is 20.4 Å². The first-order valence-electron chi connectivity index (χ1n) is 16.3. The number of carbonyl (C=O) groups excluding carboxylic acids is 4. The third-order valence-corrected chi connectivity index (χ3v) is 9.31. The van der Waals surface area contributed by atoms with E-state index in [2.05, 4.69) is 15.5 Å². The number of amides is 4. The minimum atomic E-state index is -0.791. The number of nitrogens with one attached hydrogen (secondary N) is 2. The van der Waals surface area contributed by atoms with E-state index in [0.29, 0.717) is 48.7 Å². The Morgan fingerprint density at radius 2 is 1.67 bits per heavy atom. The first-order valence-corrected chi connectivity index (χ1v) is 16.3. The normalized spacial score (nSPS) is 18.9. The second kappa shape index (κ2) is 14.8. The molecule has 2 N–H and O–H groups in total. The highest BCUT2D eigenvalue weighted by atomic mass is 16.7. The number of urea groups is 2. The lowest BCUT2D eigenvalue weighted by Crippen LogP contribution is -2.54. The molecular formula is C37H40N4O8. The number of esters is 2. The van der Waals surface area contributed by atoms with E-state index in [1.807, 2.05) is 60.7 Å². The maximum atomic E-state index is 13.7. The number of ether oxygens (including phenoxy) is 4. The molecule has 3 aromatic rings. The Labute approximate surface area is 284 Å². The fraction of sp³-hybridized carbons (Fsp3) is 0.351. The molecule has 12 nitrogen and oxygen atoms in total. The van der Waals surface area contributed by atoms with Crippen LogP contribution in [0.1, 0.15) is 42.5 Å². The van der Waals surface area contributed by atoms with Gasteiger partial charge in [-0.05, 0) is 67.8 Å². The maximum Gasteiger partial charge on any atom is 0.330 e. The molecule has 0 saturated carbocycles. The second-order valence-electron chi connectivity index (χ2n) is 12.4. The summed E-state index contributed by atoms with van der Waals surface area (Å²) in [6, 6.07) is 22.2. The minimum Gasteiger partial charge on any atom is -0.468 e. The average molecular weight is 669 g/mol. The number of benzene rings is 3. The second-order valence-corrected chi connectivity index (χ2v) is 12.4. The molecule has 49 heavy (non-hydrogen) atoms. The Hall–Kier alpha value is -5.36. The zero-order valence-corrected chi connectivity index (χ0v) is 27.6. The molecule has 12 heteroatoms. The fourth-order valence-electron chi connectivity index (χ4n) is 6.63. The number of carbonyl (C=O) groups is 4. The number of methoxy groups -OCH3 is 1. The summed E-state index contributed by atoms with van der Waals surface area (Å²) in [4.78, 5) is 56.8. The maximum absolute atomic E-state index is 13.7. The van der Waals surface area contributed by atoms with Gasteiger partial charge in [-0.15, -0.1) is 0 Å². The number of rotatable bonds is 10. The van der Waals surface area contributed by atoms with E-state index in [1.165, 1.54) is 7.11 Å². The molecular weight excluding hydrogens is 628 g/mol. The molecule has 0 aliphatic carbocycles. The lowest BCUT2D eigenvalue weighted by molar-refractivity contribution is -0.152. The molecule has 3 heterocycles. The Morgan fingerprint density at radius 3 is 2.39 bits per heavy atom. The number of likely N-dealkylation sites (tertiary alicyclic amines) is 1. The molecule has 6 rings (SSSR count). The highest BCUT2D eigenvalue weighted by molar-refractivity contribution is 5.96. The van der Waals surface area contributed by atoms with E-state index in [9.17, 15) is 19.2 Å². The molecule has 0 bridgehead atoms. The topological polar surface area (TPSA) is 136 Å². The zero-order chi connectivity index (χ0) is 34.4. The summed E-state index contributed by atoms with van der Waals surface area (Å²) in [6.45, 7) is 3.15. The van der Waals surface area contributed by atoms with Crippen molar-refractivity contribution in [3.8, 4) is 11.5 Å². The van der Waals surface area contributed by atoms with Gasteiger partial charge in [-0.25, -0.2) is 14.5 Å². The summed E-state index contributed by atoms with van der Waals surface area (Å²) in [7, 11) is 1.40. The van der Waals surface area contributed by atoms with Crippen LogP contribution in [0.2, 0.25) is 0 Å². The third-order valence-electron chi connectivity index (χ3n) is 9.31. The predicted octanol–water partition coefficient (Wildman–Crippen LogP) is 4.66. The van der Waals surface area contributed by atoms with Crippen LogP contribution < -0.4 is 20.1 Å². The lowest BCUT2D eigenvalue weighted by atomic mass is 9.72.